The lowest BCUT2D eigenvalue weighted by Crippen LogP contribution is -2.44. The fourth-order valence-corrected chi connectivity index (χ4v) is 2.85. The lowest BCUT2D eigenvalue weighted by molar-refractivity contribution is 0.313. The summed E-state index contributed by atoms with van der Waals surface area (Å²) in [6.07, 6.45) is 0. The van der Waals surface area contributed by atoms with E-state index in [1.807, 2.05) is 0 Å². The number of likely N-dealkylation sites (N-methyl/N-ethyl adjacent to an activating group) is 1. The topological polar surface area (TPSA) is 6.48 Å². The molecule has 83 valence electrons. The first-order valence-electron chi connectivity index (χ1n) is 5.66. The lowest BCUT2D eigenvalue weighted by atomic mass is 10.3. The molecule has 0 N–H and O–H groups in total. The molecule has 2 nitrogen and oxygen atoms in total. The van der Waals surface area contributed by atoms with Gasteiger partial charge in [-0.05, 0) is 24.1 Å². The van der Waals surface area contributed by atoms with Crippen LogP contribution < -0.4 is 4.90 Å². The molecule has 1 saturated heterocycles. The van der Waals surface area contributed by atoms with Crippen LogP contribution in [0.1, 0.15) is 0 Å². The van der Waals surface area contributed by atoms with Crippen molar-refractivity contribution in [2.75, 3.05) is 38.1 Å². The summed E-state index contributed by atoms with van der Waals surface area (Å²) in [4.78, 5) is 6.09. The molecule has 3 heteroatoms. The zero-order valence-electron chi connectivity index (χ0n) is 9.44. The highest BCUT2D eigenvalue weighted by atomic mass is 32.1. The molecule has 0 aromatic carbocycles. The van der Waals surface area contributed by atoms with Gasteiger partial charge in [-0.2, -0.15) is 0 Å². The minimum atomic E-state index is 1.12. The highest BCUT2D eigenvalue weighted by molar-refractivity contribution is 7.13. The molecule has 0 aromatic rings. The van der Waals surface area contributed by atoms with Gasteiger partial charge in [0.25, 0.3) is 0 Å². The molecule has 0 saturated carbocycles. The zero-order valence-corrected chi connectivity index (χ0v) is 10.3. The third-order valence-electron chi connectivity index (χ3n) is 3.18. The normalized spacial score (nSPS) is 18.2. The van der Waals surface area contributed by atoms with E-state index in [9.17, 15) is 0 Å². The third kappa shape index (κ3) is 1.81. The quantitative estimate of drug-likeness (QED) is 0.743. The first-order valence-corrected chi connectivity index (χ1v) is 6.54. The smallest absolute Gasteiger partial charge is 0.0469 e. The van der Waals surface area contributed by atoms with E-state index in [4.69, 9.17) is 0 Å². The summed E-state index contributed by atoms with van der Waals surface area (Å²) >= 11 is 1.77. The molecule has 3 rings (SSSR count). The highest BCUT2D eigenvalue weighted by Gasteiger charge is 2.17. The highest BCUT2D eigenvalue weighted by Crippen LogP contribution is 2.33. The van der Waals surface area contributed by atoms with Gasteiger partial charge in [-0.25, -0.2) is 0 Å². The number of nitrogens with zero attached hydrogens (tertiary/aromatic N) is 2. The SMILES string of the molecule is CN1CCN(c2[c]c3scccc-3c2)CC1. The maximum absolute atomic E-state index is 3.51. The van der Waals surface area contributed by atoms with E-state index < -0.39 is 0 Å². The maximum atomic E-state index is 3.51. The molecule has 0 unspecified atom stereocenters. The van der Waals surface area contributed by atoms with Gasteiger partial charge in [0.1, 0.15) is 0 Å². The standard InChI is InChI=1S/C13H15N2S/c1-14-4-6-15(7-5-14)12-9-11-3-2-8-16-13(11)10-12/h2-3,8-9H,4-7H2,1H3. The van der Waals surface area contributed by atoms with Crippen molar-refractivity contribution < 1.29 is 0 Å². The summed E-state index contributed by atoms with van der Waals surface area (Å²) < 4.78 is 0. The zero-order chi connectivity index (χ0) is 11.0. The van der Waals surface area contributed by atoms with Crippen LogP contribution >= 0.6 is 11.3 Å². The van der Waals surface area contributed by atoms with Gasteiger partial charge in [-0.1, -0.05) is 12.1 Å². The van der Waals surface area contributed by atoms with Crippen LogP contribution in [0.15, 0.2) is 23.6 Å². The Hall–Kier alpha value is -1.06. The van der Waals surface area contributed by atoms with E-state index in [1.54, 1.807) is 11.3 Å². The van der Waals surface area contributed by atoms with Crippen molar-refractivity contribution in [3.63, 3.8) is 0 Å². The van der Waals surface area contributed by atoms with Crippen molar-refractivity contribution >= 4 is 17.0 Å². The van der Waals surface area contributed by atoms with Gasteiger partial charge in [-0.3, -0.25) is 0 Å². The first kappa shape index (κ1) is 10.1. The van der Waals surface area contributed by atoms with Gasteiger partial charge in [0, 0.05) is 42.8 Å². The van der Waals surface area contributed by atoms with Gasteiger partial charge in [0.15, 0.2) is 0 Å². The Morgan fingerprint density at radius 3 is 2.81 bits per heavy atom. The van der Waals surface area contributed by atoms with Crippen molar-refractivity contribution in [3.05, 3.63) is 29.6 Å². The number of anilines is 1. The van der Waals surface area contributed by atoms with E-state index in [0.29, 0.717) is 0 Å². The Bertz CT molecular complexity index is 413. The van der Waals surface area contributed by atoms with Crippen LogP contribution in [0.25, 0.3) is 10.4 Å². The summed E-state index contributed by atoms with van der Waals surface area (Å²) in [5.74, 6) is 0. The van der Waals surface area contributed by atoms with Gasteiger partial charge in [0.2, 0.25) is 0 Å². The molecule has 2 heterocycles. The molecule has 2 aliphatic heterocycles. The summed E-state index contributed by atoms with van der Waals surface area (Å²) in [5, 5.41) is 2.12. The van der Waals surface area contributed by atoms with E-state index >= 15 is 0 Å². The number of piperazine rings is 1. The number of rotatable bonds is 1. The molecule has 0 aromatic heterocycles. The minimum absolute atomic E-state index is 1.12. The van der Waals surface area contributed by atoms with Crippen LogP contribution in [0.4, 0.5) is 5.69 Å². The second-order valence-electron chi connectivity index (χ2n) is 4.34. The van der Waals surface area contributed by atoms with Crippen LogP contribution in [0.3, 0.4) is 0 Å². The van der Waals surface area contributed by atoms with Gasteiger partial charge >= 0.3 is 0 Å². The van der Waals surface area contributed by atoms with Crippen molar-refractivity contribution in [2.24, 2.45) is 0 Å². The molecule has 0 bridgehead atoms. The van der Waals surface area contributed by atoms with E-state index in [2.05, 4.69) is 46.5 Å². The summed E-state index contributed by atoms with van der Waals surface area (Å²) in [7, 11) is 2.19. The van der Waals surface area contributed by atoms with Crippen LogP contribution in [0, 0.1) is 6.07 Å². The van der Waals surface area contributed by atoms with Crippen LogP contribution in [-0.4, -0.2) is 38.1 Å². The molecule has 1 fully saturated rings. The molecular weight excluding hydrogens is 216 g/mol. The lowest BCUT2D eigenvalue weighted by Gasteiger charge is -2.33. The van der Waals surface area contributed by atoms with Crippen molar-refractivity contribution in [2.45, 2.75) is 0 Å². The number of hydrogen-bond acceptors (Lipinski definition) is 3. The Morgan fingerprint density at radius 1 is 1.25 bits per heavy atom. The Morgan fingerprint density at radius 2 is 2.06 bits per heavy atom. The average molecular weight is 231 g/mol. The molecule has 0 amide bonds. The van der Waals surface area contributed by atoms with Crippen LogP contribution in [0.5, 0.6) is 0 Å². The second-order valence-corrected chi connectivity index (χ2v) is 5.26. The molecular formula is C13H15N2S. The van der Waals surface area contributed by atoms with Crippen molar-refractivity contribution in [1.82, 2.24) is 4.90 Å². The van der Waals surface area contributed by atoms with Gasteiger partial charge < -0.3 is 9.80 Å². The largest absolute Gasteiger partial charge is 0.368 e. The molecule has 0 atom stereocenters. The van der Waals surface area contributed by atoms with Crippen LogP contribution in [0.2, 0.25) is 0 Å². The Balaban J connectivity index is 1.87. The number of hydrogen-bond donors (Lipinski definition) is 0. The molecule has 1 radical (unpaired) electrons. The third-order valence-corrected chi connectivity index (χ3v) is 4.05. The van der Waals surface area contributed by atoms with E-state index in [-0.39, 0.29) is 0 Å². The van der Waals surface area contributed by atoms with E-state index in [0.717, 1.165) is 26.2 Å². The molecule has 0 spiro atoms. The summed E-state index contributed by atoms with van der Waals surface area (Å²) in [6, 6.07) is 10.0. The minimum Gasteiger partial charge on any atom is -0.368 e. The van der Waals surface area contributed by atoms with Gasteiger partial charge in [0.05, 0.1) is 0 Å². The second kappa shape index (κ2) is 4.07. The fourth-order valence-electron chi connectivity index (χ4n) is 2.13. The van der Waals surface area contributed by atoms with Crippen molar-refractivity contribution in [1.29, 1.82) is 0 Å². The average Bonchev–Trinajstić information content (AvgIpc) is 2.73. The van der Waals surface area contributed by atoms with Gasteiger partial charge in [-0.15, -0.1) is 11.3 Å². The summed E-state index contributed by atoms with van der Waals surface area (Å²) in [5.41, 5.74) is 2.59. The predicted molar refractivity (Wildman–Crippen MR) is 69.5 cm³/mol. The molecule has 16 heavy (non-hydrogen) atoms. The Kier molecular flexibility index (Phi) is 2.58. The maximum Gasteiger partial charge on any atom is 0.0469 e. The van der Waals surface area contributed by atoms with Crippen LogP contribution in [-0.2, 0) is 0 Å². The molecule has 1 aliphatic carbocycles. The number of fused-ring (bicyclic) bond motifs is 1. The predicted octanol–water partition coefficient (Wildman–Crippen LogP) is 2.40. The molecule has 3 aliphatic rings. The summed E-state index contributed by atoms with van der Waals surface area (Å²) in [6.45, 7) is 4.54. The Labute approximate surface area is 100 Å². The van der Waals surface area contributed by atoms with E-state index in [1.165, 1.54) is 16.1 Å². The fraction of sp³-hybridized carbons (Fsp3) is 0.385. The van der Waals surface area contributed by atoms with Crippen molar-refractivity contribution in [3.8, 4) is 10.4 Å². The monoisotopic (exact) mass is 231 g/mol. The first-order chi connectivity index (χ1) is 7.83.